The van der Waals surface area contributed by atoms with Gasteiger partial charge in [-0.05, 0) is 49.6 Å². The maximum absolute atomic E-state index is 14.7. The van der Waals surface area contributed by atoms with Gasteiger partial charge in [0.25, 0.3) is 11.5 Å². The van der Waals surface area contributed by atoms with Crippen LogP contribution in [0, 0.1) is 5.82 Å². The van der Waals surface area contributed by atoms with Gasteiger partial charge in [0.1, 0.15) is 16.5 Å². The minimum atomic E-state index is -5.08. The van der Waals surface area contributed by atoms with E-state index >= 15 is 0 Å². The lowest BCUT2D eigenvalue weighted by Gasteiger charge is -2.28. The van der Waals surface area contributed by atoms with Gasteiger partial charge in [0.2, 0.25) is 0 Å². The van der Waals surface area contributed by atoms with Crippen molar-refractivity contribution < 1.29 is 32.3 Å². The van der Waals surface area contributed by atoms with Crippen molar-refractivity contribution in [3.05, 3.63) is 73.6 Å². The molecule has 2 unspecified atom stereocenters. The molecule has 5 rings (SSSR count). The maximum atomic E-state index is 14.7. The summed E-state index contributed by atoms with van der Waals surface area (Å²) in [5.41, 5.74) is 1.51. The number of nitrogens with zero attached hydrogens (tertiary/aromatic N) is 2. The number of nitrogens with one attached hydrogen (secondary N) is 2. The normalized spacial score (nSPS) is 19.2. The van der Waals surface area contributed by atoms with E-state index in [2.05, 4.69) is 10.3 Å². The molecule has 2 fully saturated rings. The highest BCUT2D eigenvalue weighted by molar-refractivity contribution is 6.42. The standard InChI is InChI=1S/C22H21Cl2FN4O2.C2HF3O2/c23-17-9-19-21(30)27-11-15(29(19)20(17)24)7-12-1-4-18(25)16(8-12)22(31)28-13-2-3-14(28)10-26-6-5-13;3-2(4,5)1(6)7/h1,4,8-9,11,13-14,26H,2-3,5-7,10H2,(H,27,30);(H,6,7). The van der Waals surface area contributed by atoms with Crippen LogP contribution in [0.1, 0.15) is 40.9 Å². The molecular formula is C24H22Cl2F4N4O4. The molecule has 2 aliphatic rings. The molecule has 38 heavy (non-hydrogen) atoms. The number of hydrogen-bond donors (Lipinski definition) is 3. The highest BCUT2D eigenvalue weighted by atomic mass is 35.5. The van der Waals surface area contributed by atoms with E-state index in [1.54, 1.807) is 22.7 Å². The Kier molecular flexibility index (Phi) is 8.05. The number of carboxylic acids is 1. The fourth-order valence-corrected chi connectivity index (χ4v) is 5.27. The molecule has 2 saturated heterocycles. The number of alkyl halides is 3. The third kappa shape index (κ3) is 5.67. The zero-order valence-corrected chi connectivity index (χ0v) is 21.1. The second-order valence-corrected chi connectivity index (χ2v) is 9.76. The second-order valence-electron chi connectivity index (χ2n) is 9.00. The molecule has 2 aromatic heterocycles. The second kappa shape index (κ2) is 11.0. The molecule has 8 nitrogen and oxygen atoms in total. The van der Waals surface area contributed by atoms with Gasteiger partial charge < -0.3 is 20.3 Å². The van der Waals surface area contributed by atoms with E-state index in [1.165, 1.54) is 12.1 Å². The van der Waals surface area contributed by atoms with Gasteiger partial charge in [0.05, 0.1) is 10.6 Å². The number of carbonyl (C=O) groups excluding carboxylic acids is 1. The number of aromatic nitrogens is 2. The Balaban J connectivity index is 0.000000426. The molecule has 2 atom stereocenters. The van der Waals surface area contributed by atoms with E-state index < -0.39 is 18.0 Å². The Morgan fingerprint density at radius 2 is 1.79 bits per heavy atom. The summed E-state index contributed by atoms with van der Waals surface area (Å²) in [6.45, 7) is 1.61. The van der Waals surface area contributed by atoms with Crippen molar-refractivity contribution in [3.8, 4) is 0 Å². The number of fused-ring (bicyclic) bond motifs is 3. The third-order valence-corrected chi connectivity index (χ3v) is 7.32. The zero-order chi connectivity index (χ0) is 27.8. The first-order valence-electron chi connectivity index (χ1n) is 11.6. The van der Waals surface area contributed by atoms with Crippen LogP contribution >= 0.6 is 23.2 Å². The number of aromatic amines is 1. The van der Waals surface area contributed by atoms with Gasteiger partial charge in [-0.1, -0.05) is 29.3 Å². The van der Waals surface area contributed by atoms with Crippen molar-refractivity contribution in [2.24, 2.45) is 0 Å². The van der Waals surface area contributed by atoms with Crippen LogP contribution in [0.5, 0.6) is 0 Å². The van der Waals surface area contributed by atoms with Crippen molar-refractivity contribution in [1.29, 1.82) is 0 Å². The number of carbonyl (C=O) groups is 2. The van der Waals surface area contributed by atoms with Crippen molar-refractivity contribution >= 4 is 40.6 Å². The first-order valence-corrected chi connectivity index (χ1v) is 12.3. The molecule has 0 saturated carbocycles. The lowest BCUT2D eigenvalue weighted by molar-refractivity contribution is -0.192. The number of halogens is 6. The van der Waals surface area contributed by atoms with Gasteiger partial charge >= 0.3 is 12.1 Å². The minimum absolute atomic E-state index is 0.0774. The molecule has 2 aliphatic heterocycles. The Labute approximate surface area is 223 Å². The Morgan fingerprint density at radius 3 is 2.47 bits per heavy atom. The largest absolute Gasteiger partial charge is 0.490 e. The number of amides is 1. The quantitative estimate of drug-likeness (QED) is 0.404. The Bertz CT molecular complexity index is 1430. The lowest BCUT2D eigenvalue weighted by atomic mass is 10.0. The van der Waals surface area contributed by atoms with E-state index in [-0.39, 0.29) is 39.3 Å². The summed E-state index contributed by atoms with van der Waals surface area (Å²) in [6, 6.07) is 6.33. The van der Waals surface area contributed by atoms with E-state index in [1.807, 2.05) is 4.90 Å². The predicted octanol–water partition coefficient (Wildman–Crippen LogP) is 4.26. The molecule has 14 heteroatoms. The fraction of sp³-hybridized carbons (Fsp3) is 0.375. The molecule has 1 amide bonds. The summed E-state index contributed by atoms with van der Waals surface area (Å²) in [7, 11) is 0. The number of H-pyrrole nitrogens is 1. The van der Waals surface area contributed by atoms with Gasteiger partial charge in [-0.2, -0.15) is 13.2 Å². The maximum Gasteiger partial charge on any atom is 0.490 e. The highest BCUT2D eigenvalue weighted by Crippen LogP contribution is 2.31. The van der Waals surface area contributed by atoms with Gasteiger partial charge in [-0.25, -0.2) is 9.18 Å². The molecular weight excluding hydrogens is 555 g/mol. The van der Waals surface area contributed by atoms with Crippen LogP contribution in [0.15, 0.2) is 35.3 Å². The predicted molar refractivity (Wildman–Crippen MR) is 131 cm³/mol. The summed E-state index contributed by atoms with van der Waals surface area (Å²) >= 11 is 12.4. The van der Waals surface area contributed by atoms with Crippen LogP contribution in [-0.2, 0) is 11.2 Å². The summed E-state index contributed by atoms with van der Waals surface area (Å²) in [5.74, 6) is -3.55. The Morgan fingerprint density at radius 1 is 1.11 bits per heavy atom. The van der Waals surface area contributed by atoms with Crippen LogP contribution in [0.25, 0.3) is 5.52 Å². The van der Waals surface area contributed by atoms with E-state index in [4.69, 9.17) is 33.1 Å². The first-order chi connectivity index (χ1) is 17.9. The smallest absolute Gasteiger partial charge is 0.475 e. The van der Waals surface area contributed by atoms with Crippen molar-refractivity contribution in [2.45, 2.75) is 43.9 Å². The van der Waals surface area contributed by atoms with Crippen molar-refractivity contribution in [3.63, 3.8) is 0 Å². The molecule has 3 N–H and O–H groups in total. The van der Waals surface area contributed by atoms with Crippen LogP contribution in [-0.4, -0.2) is 62.6 Å². The Hall–Kier alpha value is -3.09. The third-order valence-electron chi connectivity index (χ3n) is 6.57. The average molecular weight is 577 g/mol. The number of benzene rings is 1. The average Bonchev–Trinajstić information content (AvgIpc) is 3.30. The first kappa shape index (κ1) is 27.9. The summed E-state index contributed by atoms with van der Waals surface area (Å²) in [6.07, 6.45) is -0.406. The SMILES string of the molecule is O=C(O)C(F)(F)F.O=C(c1cc(Cc2c[nH]c(=O)c3cc(Cl)c(Cl)n23)ccc1F)N1C2CCNCC1CC2. The lowest BCUT2D eigenvalue weighted by Crippen LogP contribution is -2.42. The molecule has 0 radical (unpaired) electrons. The zero-order valence-electron chi connectivity index (χ0n) is 19.6. The highest BCUT2D eigenvalue weighted by Gasteiger charge is 2.39. The fourth-order valence-electron chi connectivity index (χ4n) is 4.83. The van der Waals surface area contributed by atoms with E-state index in [0.717, 1.165) is 37.9 Å². The summed E-state index contributed by atoms with van der Waals surface area (Å²) in [4.78, 5) is 38.9. The van der Waals surface area contributed by atoms with Crippen molar-refractivity contribution in [2.75, 3.05) is 13.1 Å². The van der Waals surface area contributed by atoms with Gasteiger partial charge in [-0.3, -0.25) is 14.0 Å². The van der Waals surface area contributed by atoms with E-state index in [0.29, 0.717) is 17.6 Å². The molecule has 0 spiro atoms. The number of carboxylic acid groups (broad SMARTS) is 1. The van der Waals surface area contributed by atoms with Crippen LogP contribution in [0.3, 0.4) is 0 Å². The summed E-state index contributed by atoms with van der Waals surface area (Å²) in [5, 5.41) is 11.0. The number of rotatable bonds is 3. The molecule has 1 aromatic carbocycles. The summed E-state index contributed by atoms with van der Waals surface area (Å²) < 4.78 is 48.0. The number of aliphatic carboxylic acids is 1. The van der Waals surface area contributed by atoms with Crippen LogP contribution < -0.4 is 10.9 Å². The molecule has 2 bridgehead atoms. The van der Waals surface area contributed by atoms with Crippen molar-refractivity contribution in [1.82, 2.24) is 19.6 Å². The van der Waals surface area contributed by atoms with Gasteiger partial charge in [0.15, 0.2) is 0 Å². The van der Waals surface area contributed by atoms with Crippen LogP contribution in [0.4, 0.5) is 17.6 Å². The molecule has 3 aromatic rings. The monoisotopic (exact) mass is 576 g/mol. The van der Waals surface area contributed by atoms with E-state index in [9.17, 15) is 27.2 Å². The molecule has 0 aliphatic carbocycles. The van der Waals surface area contributed by atoms with Crippen LogP contribution in [0.2, 0.25) is 10.2 Å². The van der Waals surface area contributed by atoms with Gasteiger partial charge in [0, 0.05) is 36.9 Å². The number of hydrogen-bond acceptors (Lipinski definition) is 4. The molecule has 4 heterocycles. The topological polar surface area (TPSA) is 107 Å². The van der Waals surface area contributed by atoms with Gasteiger partial charge in [-0.15, -0.1) is 0 Å². The molecule has 204 valence electrons. The minimum Gasteiger partial charge on any atom is -0.475 e.